The maximum atomic E-state index is 14.0. The van der Waals surface area contributed by atoms with E-state index in [0.29, 0.717) is 24.8 Å². The van der Waals surface area contributed by atoms with Crippen LogP contribution in [0.25, 0.3) is 5.57 Å². The predicted octanol–water partition coefficient (Wildman–Crippen LogP) is 7.28. The summed E-state index contributed by atoms with van der Waals surface area (Å²) in [4.78, 5) is 13.7. The Morgan fingerprint density at radius 3 is 2.68 bits per heavy atom. The molecule has 3 nitrogen and oxygen atoms in total. The first-order valence-corrected chi connectivity index (χ1v) is 13.7. The summed E-state index contributed by atoms with van der Waals surface area (Å²) in [5, 5.41) is 0. The molecule has 0 amide bonds. The highest BCUT2D eigenvalue weighted by molar-refractivity contribution is 5.86. The van der Waals surface area contributed by atoms with E-state index in [9.17, 15) is 18.0 Å². The van der Waals surface area contributed by atoms with E-state index in [-0.39, 0.29) is 31.5 Å². The number of rotatable bonds is 8. The van der Waals surface area contributed by atoms with Gasteiger partial charge in [0, 0.05) is 38.0 Å². The number of halogens is 3. The van der Waals surface area contributed by atoms with Gasteiger partial charge in [-0.3, -0.25) is 14.1 Å². The lowest BCUT2D eigenvalue weighted by Gasteiger charge is -2.31. The predicted molar refractivity (Wildman–Crippen MR) is 140 cm³/mol. The van der Waals surface area contributed by atoms with E-state index >= 15 is 0 Å². The number of carbonyl (C=O) groups is 1. The second-order valence-corrected chi connectivity index (χ2v) is 10.8. The van der Waals surface area contributed by atoms with Gasteiger partial charge in [0.05, 0.1) is 6.67 Å². The molecule has 2 fully saturated rings. The van der Waals surface area contributed by atoms with Gasteiger partial charge in [-0.1, -0.05) is 29.8 Å². The second-order valence-electron chi connectivity index (χ2n) is 10.8. The van der Waals surface area contributed by atoms with Crippen molar-refractivity contribution >= 4 is 11.9 Å². The molecule has 2 aromatic rings. The van der Waals surface area contributed by atoms with Crippen molar-refractivity contribution in [3.05, 3.63) is 70.3 Å². The first-order chi connectivity index (χ1) is 18.0. The number of fused-ring (bicyclic) bond motifs is 1. The SMILES string of the molecule is O=Cc1ccc2c(c1)CCCC(C1CCC(F)(F)CC1)=C2c1cccc(O[C@@H]2CCN(CCCF)C2)c1. The Hall–Kier alpha value is -2.60. The zero-order chi connectivity index (χ0) is 25.8. The van der Waals surface area contributed by atoms with Gasteiger partial charge in [0.1, 0.15) is 18.1 Å². The Balaban J connectivity index is 1.48. The number of aldehydes is 1. The second kappa shape index (κ2) is 11.4. The molecule has 1 saturated carbocycles. The van der Waals surface area contributed by atoms with E-state index in [1.807, 2.05) is 30.3 Å². The minimum absolute atomic E-state index is 0.0604. The molecule has 5 rings (SSSR count). The topological polar surface area (TPSA) is 29.5 Å². The van der Waals surface area contributed by atoms with E-state index in [0.717, 1.165) is 79.6 Å². The van der Waals surface area contributed by atoms with E-state index in [1.54, 1.807) is 0 Å². The highest BCUT2D eigenvalue weighted by Gasteiger charge is 2.37. The Morgan fingerprint density at radius 2 is 1.89 bits per heavy atom. The van der Waals surface area contributed by atoms with E-state index in [2.05, 4.69) is 17.0 Å². The van der Waals surface area contributed by atoms with Crippen molar-refractivity contribution in [2.24, 2.45) is 5.92 Å². The molecule has 0 unspecified atom stereocenters. The molecule has 0 bridgehead atoms. The molecule has 1 aliphatic heterocycles. The number of benzene rings is 2. The molecule has 1 saturated heterocycles. The summed E-state index contributed by atoms with van der Waals surface area (Å²) in [5.74, 6) is -1.63. The summed E-state index contributed by atoms with van der Waals surface area (Å²) in [6.07, 6.45) is 5.97. The Kier molecular flexibility index (Phi) is 8.04. The maximum Gasteiger partial charge on any atom is 0.248 e. The van der Waals surface area contributed by atoms with Crippen LogP contribution in [0, 0.1) is 5.92 Å². The summed E-state index contributed by atoms with van der Waals surface area (Å²) in [6.45, 7) is 2.17. The number of likely N-dealkylation sites (tertiary alicyclic amines) is 1. The monoisotopic (exact) mass is 511 g/mol. The van der Waals surface area contributed by atoms with E-state index in [4.69, 9.17) is 4.74 Å². The van der Waals surface area contributed by atoms with Crippen molar-refractivity contribution in [3.63, 3.8) is 0 Å². The Morgan fingerprint density at radius 1 is 1.05 bits per heavy atom. The lowest BCUT2D eigenvalue weighted by Crippen LogP contribution is -2.26. The molecule has 0 radical (unpaired) electrons. The third-order valence-corrected chi connectivity index (χ3v) is 8.22. The molecular weight excluding hydrogens is 475 g/mol. The van der Waals surface area contributed by atoms with Crippen molar-refractivity contribution in [1.82, 2.24) is 4.90 Å². The number of allylic oxidation sites excluding steroid dienone is 1. The van der Waals surface area contributed by atoms with Crippen LogP contribution in [0.3, 0.4) is 0 Å². The molecule has 37 heavy (non-hydrogen) atoms. The molecular formula is C31H36F3NO2. The molecule has 2 aliphatic carbocycles. The molecule has 3 aliphatic rings. The van der Waals surface area contributed by atoms with Gasteiger partial charge in [-0.05, 0) is 91.3 Å². The average Bonchev–Trinajstić information content (AvgIpc) is 3.25. The van der Waals surface area contributed by atoms with Crippen LogP contribution in [-0.4, -0.2) is 49.5 Å². The molecule has 0 aromatic heterocycles. The molecule has 0 spiro atoms. The molecule has 0 N–H and O–H groups in total. The van der Waals surface area contributed by atoms with Crippen LogP contribution in [0.5, 0.6) is 5.75 Å². The number of nitrogens with zero attached hydrogens (tertiary/aromatic N) is 1. The zero-order valence-corrected chi connectivity index (χ0v) is 21.4. The largest absolute Gasteiger partial charge is 0.489 e. The highest BCUT2D eigenvalue weighted by Crippen LogP contribution is 2.46. The number of alkyl halides is 3. The number of aryl methyl sites for hydroxylation is 1. The van der Waals surface area contributed by atoms with Gasteiger partial charge in [-0.25, -0.2) is 8.78 Å². The van der Waals surface area contributed by atoms with Crippen LogP contribution in [0.1, 0.15) is 78.4 Å². The Labute approximate surface area is 217 Å². The van der Waals surface area contributed by atoms with Gasteiger partial charge >= 0.3 is 0 Å². The van der Waals surface area contributed by atoms with Crippen LogP contribution in [0.4, 0.5) is 13.2 Å². The van der Waals surface area contributed by atoms with Gasteiger partial charge in [-0.15, -0.1) is 0 Å². The van der Waals surface area contributed by atoms with Crippen LogP contribution in [0.15, 0.2) is 48.0 Å². The van der Waals surface area contributed by atoms with Crippen molar-refractivity contribution in [2.45, 2.75) is 69.8 Å². The van der Waals surface area contributed by atoms with Crippen LogP contribution in [-0.2, 0) is 6.42 Å². The number of ether oxygens (including phenoxy) is 1. The van der Waals surface area contributed by atoms with Gasteiger partial charge in [-0.2, -0.15) is 0 Å². The summed E-state index contributed by atoms with van der Waals surface area (Å²) < 4.78 is 47.0. The van der Waals surface area contributed by atoms with Crippen molar-refractivity contribution in [2.75, 3.05) is 26.3 Å². The number of hydrogen-bond donors (Lipinski definition) is 0. The fraction of sp³-hybridized carbons (Fsp3) is 0.516. The normalized spacial score (nSPS) is 22.5. The lowest BCUT2D eigenvalue weighted by molar-refractivity contribution is -0.0423. The minimum Gasteiger partial charge on any atom is -0.489 e. The number of carbonyl (C=O) groups excluding carboxylic acids is 1. The lowest BCUT2D eigenvalue weighted by atomic mass is 9.77. The third kappa shape index (κ3) is 6.11. The summed E-state index contributed by atoms with van der Waals surface area (Å²) in [7, 11) is 0. The average molecular weight is 512 g/mol. The van der Waals surface area contributed by atoms with Crippen LogP contribution < -0.4 is 4.74 Å². The van der Waals surface area contributed by atoms with Crippen LogP contribution in [0.2, 0.25) is 0 Å². The van der Waals surface area contributed by atoms with Gasteiger partial charge in [0.15, 0.2) is 0 Å². The quantitative estimate of drug-likeness (QED) is 0.349. The van der Waals surface area contributed by atoms with Crippen molar-refractivity contribution < 1.29 is 22.7 Å². The first-order valence-electron chi connectivity index (χ1n) is 13.7. The fourth-order valence-electron chi connectivity index (χ4n) is 6.34. The van der Waals surface area contributed by atoms with E-state index in [1.165, 1.54) is 5.57 Å². The molecule has 198 valence electrons. The van der Waals surface area contributed by atoms with Crippen molar-refractivity contribution in [1.29, 1.82) is 0 Å². The molecule has 1 heterocycles. The Bertz CT molecular complexity index is 1140. The van der Waals surface area contributed by atoms with Crippen molar-refractivity contribution in [3.8, 4) is 5.75 Å². The van der Waals surface area contributed by atoms with Gasteiger partial charge < -0.3 is 4.74 Å². The van der Waals surface area contributed by atoms with Gasteiger partial charge in [0.2, 0.25) is 5.92 Å². The summed E-state index contributed by atoms with van der Waals surface area (Å²) >= 11 is 0. The summed E-state index contributed by atoms with van der Waals surface area (Å²) in [5.41, 5.74) is 6.34. The molecule has 1 atom stereocenters. The van der Waals surface area contributed by atoms with E-state index < -0.39 is 5.92 Å². The zero-order valence-electron chi connectivity index (χ0n) is 21.4. The highest BCUT2D eigenvalue weighted by atomic mass is 19.3. The van der Waals surface area contributed by atoms with Crippen LogP contribution >= 0.6 is 0 Å². The number of hydrogen-bond acceptors (Lipinski definition) is 3. The molecule has 6 heteroatoms. The summed E-state index contributed by atoms with van der Waals surface area (Å²) in [6, 6.07) is 14.0. The fourth-order valence-corrected chi connectivity index (χ4v) is 6.34. The minimum atomic E-state index is -2.56. The maximum absolute atomic E-state index is 14.0. The smallest absolute Gasteiger partial charge is 0.248 e. The first kappa shape index (κ1) is 26.0. The third-order valence-electron chi connectivity index (χ3n) is 8.22. The molecule has 2 aromatic carbocycles. The van der Waals surface area contributed by atoms with Gasteiger partial charge in [0.25, 0.3) is 0 Å². The standard InChI is InChI=1S/C31H36F3NO2/c32-15-3-16-35-17-12-27(20-35)37-26-6-1-5-25(19-26)30-28(23-10-13-31(33,34)14-11-23)7-2-4-24-18-22(21-36)8-9-29(24)30/h1,5-6,8-9,18-19,21,23,27H,2-4,7,10-17,20H2/t27-/m1/s1.